The molecule has 0 spiro atoms. The first-order valence-corrected chi connectivity index (χ1v) is 9.14. The number of amides is 3. The summed E-state index contributed by atoms with van der Waals surface area (Å²) in [6, 6.07) is 14.0. The van der Waals surface area contributed by atoms with Crippen LogP contribution in [0.5, 0.6) is 0 Å². The van der Waals surface area contributed by atoms with Gasteiger partial charge in [-0.25, -0.2) is 0 Å². The summed E-state index contributed by atoms with van der Waals surface area (Å²) in [6.07, 6.45) is 1.25. The van der Waals surface area contributed by atoms with Crippen LogP contribution in [0.3, 0.4) is 0 Å². The smallest absolute Gasteiger partial charge is 0.253 e. The summed E-state index contributed by atoms with van der Waals surface area (Å²) >= 11 is 0. The standard InChI is InChI=1S/C21H26N4O3/c1-4-7-19(26)23-18-11-6-9-16(13-18)22-14-20(27)24-17-10-5-8-15(12-17)21(28)25(2)3/h5-6,8-13,22H,4,7,14H2,1-3H3,(H,23,26)(H,24,27). The fraction of sp³-hybridized carbons (Fsp3) is 0.286. The van der Waals surface area contributed by atoms with Crippen LogP contribution in [-0.2, 0) is 9.59 Å². The molecule has 0 aliphatic rings. The second kappa shape index (κ2) is 10.1. The predicted molar refractivity (Wildman–Crippen MR) is 112 cm³/mol. The molecule has 2 aromatic carbocycles. The third kappa shape index (κ3) is 6.42. The van der Waals surface area contributed by atoms with Gasteiger partial charge in [-0.05, 0) is 42.8 Å². The number of carbonyl (C=O) groups is 3. The monoisotopic (exact) mass is 382 g/mol. The van der Waals surface area contributed by atoms with Crippen molar-refractivity contribution in [2.45, 2.75) is 19.8 Å². The Labute approximate surface area is 165 Å². The predicted octanol–water partition coefficient (Wildman–Crippen LogP) is 3.18. The fourth-order valence-corrected chi connectivity index (χ4v) is 2.53. The SMILES string of the molecule is CCCC(=O)Nc1cccc(NCC(=O)Nc2cccc(C(=O)N(C)C)c2)c1. The van der Waals surface area contributed by atoms with E-state index in [4.69, 9.17) is 0 Å². The van der Waals surface area contributed by atoms with Crippen molar-refractivity contribution in [2.24, 2.45) is 0 Å². The van der Waals surface area contributed by atoms with E-state index in [0.717, 1.165) is 12.1 Å². The van der Waals surface area contributed by atoms with E-state index in [0.29, 0.717) is 23.4 Å². The molecule has 0 radical (unpaired) electrons. The lowest BCUT2D eigenvalue weighted by Crippen LogP contribution is -2.23. The van der Waals surface area contributed by atoms with Gasteiger partial charge in [0.2, 0.25) is 11.8 Å². The van der Waals surface area contributed by atoms with E-state index in [1.165, 1.54) is 4.90 Å². The zero-order valence-electron chi connectivity index (χ0n) is 16.4. The normalized spacial score (nSPS) is 10.1. The molecule has 2 aromatic rings. The summed E-state index contributed by atoms with van der Waals surface area (Å²) in [5, 5.41) is 8.62. The molecule has 0 aliphatic heterocycles. The van der Waals surface area contributed by atoms with Crippen LogP contribution in [0.25, 0.3) is 0 Å². The molecule has 0 bridgehead atoms. The molecule has 0 saturated carbocycles. The summed E-state index contributed by atoms with van der Waals surface area (Å²) in [5.74, 6) is -0.407. The first kappa shape index (κ1) is 21.0. The summed E-state index contributed by atoms with van der Waals surface area (Å²) in [7, 11) is 3.35. The zero-order chi connectivity index (χ0) is 20.5. The highest BCUT2D eigenvalue weighted by Crippen LogP contribution is 2.16. The lowest BCUT2D eigenvalue weighted by molar-refractivity contribution is -0.116. The lowest BCUT2D eigenvalue weighted by atomic mass is 10.2. The van der Waals surface area contributed by atoms with E-state index < -0.39 is 0 Å². The molecule has 0 heterocycles. The van der Waals surface area contributed by atoms with Crippen molar-refractivity contribution >= 4 is 34.8 Å². The van der Waals surface area contributed by atoms with Gasteiger partial charge in [0, 0.05) is 43.1 Å². The lowest BCUT2D eigenvalue weighted by Gasteiger charge is -2.12. The maximum atomic E-state index is 12.2. The van der Waals surface area contributed by atoms with Crippen LogP contribution in [0.1, 0.15) is 30.1 Å². The second-order valence-electron chi connectivity index (χ2n) is 6.56. The molecule has 7 nitrogen and oxygen atoms in total. The first-order valence-electron chi connectivity index (χ1n) is 9.14. The van der Waals surface area contributed by atoms with Crippen LogP contribution in [0.4, 0.5) is 17.1 Å². The van der Waals surface area contributed by atoms with E-state index in [9.17, 15) is 14.4 Å². The molecule has 3 amide bonds. The van der Waals surface area contributed by atoms with E-state index in [-0.39, 0.29) is 24.3 Å². The van der Waals surface area contributed by atoms with Gasteiger partial charge in [-0.1, -0.05) is 19.1 Å². The highest BCUT2D eigenvalue weighted by atomic mass is 16.2. The van der Waals surface area contributed by atoms with Crippen molar-refractivity contribution in [3.8, 4) is 0 Å². The molecule has 2 rings (SSSR count). The maximum absolute atomic E-state index is 12.2. The molecular weight excluding hydrogens is 356 g/mol. The Morgan fingerprint density at radius 3 is 2.14 bits per heavy atom. The number of benzene rings is 2. The maximum Gasteiger partial charge on any atom is 0.253 e. The van der Waals surface area contributed by atoms with E-state index >= 15 is 0 Å². The van der Waals surface area contributed by atoms with E-state index in [2.05, 4.69) is 16.0 Å². The highest BCUT2D eigenvalue weighted by molar-refractivity contribution is 5.98. The highest BCUT2D eigenvalue weighted by Gasteiger charge is 2.10. The van der Waals surface area contributed by atoms with Gasteiger partial charge >= 0.3 is 0 Å². The summed E-state index contributed by atoms with van der Waals surface area (Å²) in [6.45, 7) is 2.00. The minimum atomic E-state index is -0.241. The van der Waals surface area contributed by atoms with Crippen molar-refractivity contribution < 1.29 is 14.4 Å². The largest absolute Gasteiger partial charge is 0.376 e. The van der Waals surface area contributed by atoms with Crippen molar-refractivity contribution in [2.75, 3.05) is 36.6 Å². The Bertz CT molecular complexity index is 849. The third-order valence-electron chi connectivity index (χ3n) is 3.88. The number of hydrogen-bond donors (Lipinski definition) is 3. The van der Waals surface area contributed by atoms with Crippen LogP contribution in [0, 0.1) is 0 Å². The van der Waals surface area contributed by atoms with Gasteiger partial charge in [-0.15, -0.1) is 0 Å². The van der Waals surface area contributed by atoms with E-state index in [1.807, 2.05) is 13.0 Å². The van der Waals surface area contributed by atoms with Gasteiger partial charge in [0.1, 0.15) is 0 Å². The average molecular weight is 382 g/mol. The molecule has 7 heteroatoms. The minimum absolute atomic E-state index is 0.0375. The van der Waals surface area contributed by atoms with Gasteiger partial charge in [-0.3, -0.25) is 14.4 Å². The van der Waals surface area contributed by atoms with Crippen molar-refractivity contribution in [1.29, 1.82) is 0 Å². The summed E-state index contributed by atoms with van der Waals surface area (Å²) in [5.41, 5.74) is 2.46. The molecule has 0 saturated heterocycles. The molecule has 3 N–H and O–H groups in total. The van der Waals surface area contributed by atoms with Crippen LogP contribution in [0.15, 0.2) is 48.5 Å². The summed E-state index contributed by atoms with van der Waals surface area (Å²) < 4.78 is 0. The first-order chi connectivity index (χ1) is 13.4. The number of rotatable bonds is 8. The topological polar surface area (TPSA) is 90.5 Å². The Morgan fingerprint density at radius 1 is 0.857 bits per heavy atom. The number of anilines is 3. The van der Waals surface area contributed by atoms with Crippen molar-refractivity contribution in [1.82, 2.24) is 4.90 Å². The zero-order valence-corrected chi connectivity index (χ0v) is 16.4. The Balaban J connectivity index is 1.92. The van der Waals surface area contributed by atoms with Crippen molar-refractivity contribution in [3.05, 3.63) is 54.1 Å². The Kier molecular flexibility index (Phi) is 7.56. The van der Waals surface area contributed by atoms with Crippen LogP contribution >= 0.6 is 0 Å². The fourth-order valence-electron chi connectivity index (χ4n) is 2.53. The molecule has 0 aromatic heterocycles. The quantitative estimate of drug-likeness (QED) is 0.654. The van der Waals surface area contributed by atoms with Crippen LogP contribution in [0.2, 0.25) is 0 Å². The molecule has 28 heavy (non-hydrogen) atoms. The Hall–Kier alpha value is -3.35. The Morgan fingerprint density at radius 2 is 1.46 bits per heavy atom. The molecule has 148 valence electrons. The van der Waals surface area contributed by atoms with Gasteiger partial charge in [0.15, 0.2) is 0 Å². The minimum Gasteiger partial charge on any atom is -0.376 e. The molecule has 0 fully saturated rings. The van der Waals surface area contributed by atoms with E-state index in [1.54, 1.807) is 56.6 Å². The van der Waals surface area contributed by atoms with Crippen LogP contribution < -0.4 is 16.0 Å². The van der Waals surface area contributed by atoms with Gasteiger partial charge in [0.05, 0.1) is 6.54 Å². The molecular formula is C21H26N4O3. The van der Waals surface area contributed by atoms with Gasteiger partial charge in [0.25, 0.3) is 5.91 Å². The van der Waals surface area contributed by atoms with Crippen molar-refractivity contribution in [3.63, 3.8) is 0 Å². The summed E-state index contributed by atoms with van der Waals surface area (Å²) in [4.78, 5) is 37.4. The number of nitrogens with zero attached hydrogens (tertiary/aromatic N) is 1. The number of hydrogen-bond acceptors (Lipinski definition) is 4. The molecule has 0 aliphatic carbocycles. The molecule has 0 unspecified atom stereocenters. The number of nitrogens with one attached hydrogen (secondary N) is 3. The number of carbonyl (C=O) groups excluding carboxylic acids is 3. The van der Waals surface area contributed by atoms with Gasteiger partial charge < -0.3 is 20.9 Å². The van der Waals surface area contributed by atoms with Gasteiger partial charge in [-0.2, -0.15) is 0 Å². The average Bonchev–Trinajstić information content (AvgIpc) is 2.66. The van der Waals surface area contributed by atoms with Crippen LogP contribution in [-0.4, -0.2) is 43.3 Å². The third-order valence-corrected chi connectivity index (χ3v) is 3.88. The molecule has 0 atom stereocenters. The second-order valence-corrected chi connectivity index (χ2v) is 6.56.